The molecule has 6 nitrogen and oxygen atoms in total. The Labute approximate surface area is 256 Å². The maximum Gasteiger partial charge on any atom is 0.313 e. The zero-order chi connectivity index (χ0) is 30.6. The molecular formula is C37H49NO5. The van der Waals surface area contributed by atoms with E-state index in [9.17, 15) is 19.8 Å². The van der Waals surface area contributed by atoms with Crippen LogP contribution in [0.1, 0.15) is 98.0 Å². The van der Waals surface area contributed by atoms with E-state index >= 15 is 0 Å². The molecule has 7 rings (SSSR count). The fraction of sp³-hybridized carbons (Fsp3) is 0.676. The number of hydrogen-bond acceptors (Lipinski definition) is 5. The van der Waals surface area contributed by atoms with Gasteiger partial charge in [-0.1, -0.05) is 81.3 Å². The third kappa shape index (κ3) is 3.72. The van der Waals surface area contributed by atoms with Crippen molar-refractivity contribution in [3.05, 3.63) is 59.2 Å². The first-order chi connectivity index (χ1) is 20.2. The first-order valence-corrected chi connectivity index (χ1v) is 16.6. The third-order valence-corrected chi connectivity index (χ3v) is 14.3. The van der Waals surface area contributed by atoms with Gasteiger partial charge < -0.3 is 19.8 Å². The Morgan fingerprint density at radius 2 is 1.65 bits per heavy atom. The predicted octanol–water partition coefficient (Wildman–Crippen LogP) is 6.11. The van der Waals surface area contributed by atoms with E-state index < -0.39 is 22.0 Å². The van der Waals surface area contributed by atoms with Crippen molar-refractivity contribution < 1.29 is 24.5 Å². The van der Waals surface area contributed by atoms with Crippen molar-refractivity contribution in [1.82, 2.24) is 4.90 Å². The molecule has 8 atom stereocenters. The molecule has 5 fully saturated rings. The standard InChI is InChI=1S/C37H49NO5/c1-32(2)35(5)19-20-37(32,43-31(35)41)30(40)38(22-24-9-7-6-8-10-24)23-36(42)18-15-29-27-12-11-25-21-26(39)13-16-33(25,3)28(27)14-17-34(29,36)4/h6-12,26,28-29,39,42H,13-23H2,1-5H3. The number of ether oxygens (including phenoxy) is 1. The zero-order valence-corrected chi connectivity index (χ0v) is 26.6. The Morgan fingerprint density at radius 1 is 0.930 bits per heavy atom. The van der Waals surface area contributed by atoms with Crippen molar-refractivity contribution in [3.8, 4) is 0 Å². The third-order valence-electron chi connectivity index (χ3n) is 14.3. The second-order valence-electron chi connectivity index (χ2n) is 16.1. The maximum atomic E-state index is 14.8. The van der Waals surface area contributed by atoms with Crippen LogP contribution in [0.15, 0.2) is 53.6 Å². The molecule has 2 N–H and O–H groups in total. The number of amides is 1. The van der Waals surface area contributed by atoms with Gasteiger partial charge in [-0.05, 0) is 87.5 Å². The molecule has 2 bridgehead atoms. The minimum atomic E-state index is -1.21. The van der Waals surface area contributed by atoms with Gasteiger partial charge in [0.2, 0.25) is 0 Å². The fourth-order valence-electron chi connectivity index (χ4n) is 10.7. The second kappa shape index (κ2) is 9.29. The minimum Gasteiger partial charge on any atom is -0.448 e. The number of fused-ring (bicyclic) bond motifs is 7. The van der Waals surface area contributed by atoms with E-state index in [4.69, 9.17) is 4.74 Å². The lowest BCUT2D eigenvalue weighted by atomic mass is 9.50. The summed E-state index contributed by atoms with van der Waals surface area (Å²) in [6.07, 6.45) is 11.6. The van der Waals surface area contributed by atoms with Gasteiger partial charge in [0, 0.05) is 17.4 Å². The van der Waals surface area contributed by atoms with E-state index in [1.165, 1.54) is 11.1 Å². The minimum absolute atomic E-state index is 0.0763. The van der Waals surface area contributed by atoms with Crippen LogP contribution in [0.5, 0.6) is 0 Å². The zero-order valence-electron chi connectivity index (χ0n) is 26.6. The molecule has 6 aliphatic rings. The van der Waals surface area contributed by atoms with Crippen molar-refractivity contribution in [3.63, 3.8) is 0 Å². The number of allylic oxidation sites excluding steroid dienone is 3. The van der Waals surface area contributed by atoms with Gasteiger partial charge in [0.15, 0.2) is 5.60 Å². The fourth-order valence-corrected chi connectivity index (χ4v) is 10.7. The maximum absolute atomic E-state index is 14.8. The van der Waals surface area contributed by atoms with Gasteiger partial charge >= 0.3 is 5.97 Å². The molecule has 1 aromatic carbocycles. The van der Waals surface area contributed by atoms with Crippen LogP contribution < -0.4 is 0 Å². The quantitative estimate of drug-likeness (QED) is 0.406. The lowest BCUT2D eigenvalue weighted by molar-refractivity contribution is -0.178. The second-order valence-corrected chi connectivity index (χ2v) is 16.1. The molecule has 1 aromatic rings. The SMILES string of the molecule is CC12CCC(O)CC1=CC=C1C2CCC2(C)C1CCC2(O)CN(Cc1ccccc1)C(=O)C12CCC(C)(C(=O)O1)C2(C)C. The summed E-state index contributed by atoms with van der Waals surface area (Å²) in [4.78, 5) is 29.7. The lowest BCUT2D eigenvalue weighted by Crippen LogP contribution is -2.60. The van der Waals surface area contributed by atoms with Crippen LogP contribution >= 0.6 is 0 Å². The highest BCUT2D eigenvalue weighted by molar-refractivity contribution is 5.96. The number of carbonyl (C=O) groups excluding carboxylic acids is 2. The average Bonchev–Trinajstić information content (AvgIpc) is 3.41. The highest BCUT2D eigenvalue weighted by atomic mass is 16.6. The van der Waals surface area contributed by atoms with E-state index in [1.807, 2.05) is 56.0 Å². The Morgan fingerprint density at radius 3 is 2.33 bits per heavy atom. The smallest absolute Gasteiger partial charge is 0.313 e. The molecule has 0 spiro atoms. The average molecular weight is 588 g/mol. The summed E-state index contributed by atoms with van der Waals surface area (Å²) < 4.78 is 6.07. The molecule has 8 unspecified atom stereocenters. The Kier molecular flexibility index (Phi) is 6.33. The molecule has 5 aliphatic carbocycles. The summed E-state index contributed by atoms with van der Waals surface area (Å²) in [6.45, 7) is 11.2. The van der Waals surface area contributed by atoms with Gasteiger partial charge in [-0.25, -0.2) is 0 Å². The van der Waals surface area contributed by atoms with Crippen molar-refractivity contribution in [2.75, 3.05) is 6.54 Å². The molecule has 1 heterocycles. The summed E-state index contributed by atoms with van der Waals surface area (Å²) in [6, 6.07) is 9.98. The Hall–Kier alpha value is -2.44. The number of aliphatic hydroxyl groups excluding tert-OH is 1. The number of carbonyl (C=O) groups is 2. The summed E-state index contributed by atoms with van der Waals surface area (Å²) in [5, 5.41) is 23.1. The normalized spacial score (nSPS) is 44.1. The number of nitrogens with zero attached hydrogens (tertiary/aromatic N) is 1. The van der Waals surface area contributed by atoms with E-state index in [2.05, 4.69) is 26.0 Å². The summed E-state index contributed by atoms with van der Waals surface area (Å²) in [5.41, 5.74) is -0.0605. The molecule has 43 heavy (non-hydrogen) atoms. The number of benzene rings is 1. The van der Waals surface area contributed by atoms with Gasteiger partial charge in [-0.3, -0.25) is 9.59 Å². The van der Waals surface area contributed by atoms with Crippen LogP contribution in [0.2, 0.25) is 0 Å². The van der Waals surface area contributed by atoms with Crippen molar-refractivity contribution >= 4 is 11.9 Å². The summed E-state index contributed by atoms with van der Waals surface area (Å²) in [7, 11) is 0. The Balaban J connectivity index is 1.22. The van der Waals surface area contributed by atoms with E-state index in [1.54, 1.807) is 0 Å². The number of aliphatic hydroxyl groups is 2. The number of hydrogen-bond donors (Lipinski definition) is 2. The molecule has 232 valence electrons. The van der Waals surface area contributed by atoms with Crippen molar-refractivity contribution in [1.29, 1.82) is 0 Å². The molecule has 6 heteroatoms. The molecule has 1 saturated heterocycles. The van der Waals surface area contributed by atoms with E-state index in [-0.39, 0.29) is 41.3 Å². The highest BCUT2D eigenvalue weighted by Crippen LogP contribution is 2.68. The lowest BCUT2D eigenvalue weighted by Gasteiger charge is -2.56. The first-order valence-electron chi connectivity index (χ1n) is 16.6. The monoisotopic (exact) mass is 587 g/mol. The van der Waals surface area contributed by atoms with Gasteiger partial charge in [0.25, 0.3) is 5.91 Å². The molecule has 1 amide bonds. The molecular weight excluding hydrogens is 538 g/mol. The van der Waals surface area contributed by atoms with Crippen LogP contribution in [-0.4, -0.2) is 50.8 Å². The largest absolute Gasteiger partial charge is 0.448 e. The predicted molar refractivity (Wildman–Crippen MR) is 164 cm³/mol. The van der Waals surface area contributed by atoms with E-state index in [0.717, 1.165) is 44.1 Å². The Bertz CT molecular complexity index is 1410. The number of esters is 1. The van der Waals surface area contributed by atoms with Gasteiger partial charge in [0.05, 0.1) is 23.7 Å². The molecule has 4 saturated carbocycles. The topological polar surface area (TPSA) is 87.1 Å². The highest BCUT2D eigenvalue weighted by Gasteiger charge is 2.76. The van der Waals surface area contributed by atoms with Crippen LogP contribution in [-0.2, 0) is 20.9 Å². The first kappa shape index (κ1) is 29.3. The van der Waals surface area contributed by atoms with Crippen LogP contribution in [0.4, 0.5) is 0 Å². The summed E-state index contributed by atoms with van der Waals surface area (Å²) in [5.74, 6) is 0.251. The molecule has 1 aliphatic heterocycles. The van der Waals surface area contributed by atoms with Crippen LogP contribution in [0.25, 0.3) is 0 Å². The molecule has 0 aromatic heterocycles. The van der Waals surface area contributed by atoms with Gasteiger partial charge in [-0.15, -0.1) is 0 Å². The van der Waals surface area contributed by atoms with E-state index in [0.29, 0.717) is 31.7 Å². The van der Waals surface area contributed by atoms with Crippen LogP contribution in [0, 0.1) is 33.5 Å². The van der Waals surface area contributed by atoms with Gasteiger partial charge in [-0.2, -0.15) is 0 Å². The van der Waals surface area contributed by atoms with Crippen LogP contribution in [0.3, 0.4) is 0 Å². The molecule has 0 radical (unpaired) electrons. The number of rotatable bonds is 5. The van der Waals surface area contributed by atoms with Gasteiger partial charge in [0.1, 0.15) is 0 Å². The van der Waals surface area contributed by atoms with Crippen molar-refractivity contribution in [2.24, 2.45) is 33.5 Å². The van der Waals surface area contributed by atoms with Crippen molar-refractivity contribution in [2.45, 2.75) is 116 Å². The summed E-state index contributed by atoms with van der Waals surface area (Å²) >= 11 is 0.